The van der Waals surface area contributed by atoms with Gasteiger partial charge < -0.3 is 10.4 Å². The molecule has 0 aliphatic carbocycles. The minimum atomic E-state index is -0.820. The van der Waals surface area contributed by atoms with Crippen LogP contribution >= 0.6 is 0 Å². The van der Waals surface area contributed by atoms with Crippen LogP contribution in [0.1, 0.15) is 32.8 Å². The summed E-state index contributed by atoms with van der Waals surface area (Å²) >= 11 is 0. The molecule has 0 fully saturated rings. The van der Waals surface area contributed by atoms with Gasteiger partial charge in [0.1, 0.15) is 0 Å². The fraction of sp³-hybridized carbons (Fsp3) is 0.429. The Morgan fingerprint density at radius 3 is 2.50 bits per heavy atom. The van der Waals surface area contributed by atoms with E-state index >= 15 is 0 Å². The highest BCUT2D eigenvalue weighted by molar-refractivity contribution is 5.94. The normalized spacial score (nSPS) is 11.1. The number of hydrogen-bond donors (Lipinski definition) is 2. The standard InChI is InChI=1S/C14H19NO3/c1-14(2,3)13(18)15-11-6-4-5-10(9-11)7-8-12(16)17/h4-6,9H,7-8H2,1-3H3,(H,15,18)(H,16,17). The zero-order valence-corrected chi connectivity index (χ0v) is 11.0. The number of amides is 1. The molecule has 0 radical (unpaired) electrons. The first kappa shape index (κ1) is 14.2. The molecule has 2 N–H and O–H groups in total. The molecule has 1 rings (SSSR count). The van der Waals surface area contributed by atoms with Gasteiger partial charge in [0.25, 0.3) is 0 Å². The number of nitrogens with one attached hydrogen (secondary N) is 1. The van der Waals surface area contributed by atoms with Gasteiger partial charge >= 0.3 is 5.97 Å². The molecule has 0 atom stereocenters. The molecule has 0 bridgehead atoms. The Balaban J connectivity index is 2.70. The number of carbonyl (C=O) groups is 2. The van der Waals surface area contributed by atoms with Gasteiger partial charge in [-0.15, -0.1) is 0 Å². The Labute approximate surface area is 107 Å². The van der Waals surface area contributed by atoms with Crippen LogP contribution in [0.3, 0.4) is 0 Å². The lowest BCUT2D eigenvalue weighted by Gasteiger charge is -2.18. The number of aliphatic carboxylic acids is 1. The first-order chi connectivity index (χ1) is 8.29. The topological polar surface area (TPSA) is 66.4 Å². The van der Waals surface area contributed by atoms with Crippen LogP contribution in [-0.2, 0) is 16.0 Å². The zero-order valence-electron chi connectivity index (χ0n) is 11.0. The molecular weight excluding hydrogens is 230 g/mol. The average molecular weight is 249 g/mol. The van der Waals surface area contributed by atoms with Gasteiger partial charge in [0.05, 0.1) is 0 Å². The molecule has 0 saturated heterocycles. The molecule has 0 spiro atoms. The van der Waals surface area contributed by atoms with E-state index in [1.54, 1.807) is 6.07 Å². The van der Waals surface area contributed by atoms with Gasteiger partial charge in [-0.05, 0) is 24.1 Å². The average Bonchev–Trinajstić information content (AvgIpc) is 2.25. The van der Waals surface area contributed by atoms with Crippen molar-refractivity contribution in [3.63, 3.8) is 0 Å². The van der Waals surface area contributed by atoms with Crippen molar-refractivity contribution in [2.45, 2.75) is 33.6 Å². The second-order valence-electron chi connectivity index (χ2n) is 5.30. The van der Waals surface area contributed by atoms with Gasteiger partial charge in [0, 0.05) is 17.5 Å². The minimum absolute atomic E-state index is 0.0575. The molecule has 1 amide bonds. The van der Waals surface area contributed by atoms with E-state index in [9.17, 15) is 9.59 Å². The fourth-order valence-electron chi connectivity index (χ4n) is 1.37. The van der Waals surface area contributed by atoms with Crippen molar-refractivity contribution in [3.05, 3.63) is 29.8 Å². The Hall–Kier alpha value is -1.84. The molecular formula is C14H19NO3. The van der Waals surface area contributed by atoms with Crippen molar-refractivity contribution in [1.82, 2.24) is 0 Å². The van der Waals surface area contributed by atoms with Gasteiger partial charge in [-0.3, -0.25) is 9.59 Å². The van der Waals surface area contributed by atoms with E-state index < -0.39 is 11.4 Å². The van der Waals surface area contributed by atoms with E-state index in [0.29, 0.717) is 12.1 Å². The smallest absolute Gasteiger partial charge is 0.303 e. The van der Waals surface area contributed by atoms with Crippen molar-refractivity contribution in [1.29, 1.82) is 0 Å². The van der Waals surface area contributed by atoms with Crippen molar-refractivity contribution >= 4 is 17.6 Å². The third kappa shape index (κ3) is 4.57. The van der Waals surface area contributed by atoms with Gasteiger partial charge in [-0.2, -0.15) is 0 Å². The predicted octanol–water partition coefficient (Wildman–Crippen LogP) is 2.69. The van der Waals surface area contributed by atoms with Crippen LogP contribution in [0.15, 0.2) is 24.3 Å². The highest BCUT2D eigenvalue weighted by Crippen LogP contribution is 2.18. The summed E-state index contributed by atoms with van der Waals surface area (Å²) in [4.78, 5) is 22.3. The first-order valence-electron chi connectivity index (χ1n) is 5.91. The number of carboxylic acid groups (broad SMARTS) is 1. The highest BCUT2D eigenvalue weighted by Gasteiger charge is 2.21. The minimum Gasteiger partial charge on any atom is -0.481 e. The largest absolute Gasteiger partial charge is 0.481 e. The maximum atomic E-state index is 11.8. The molecule has 0 saturated carbocycles. The van der Waals surface area contributed by atoms with Crippen molar-refractivity contribution in [2.75, 3.05) is 5.32 Å². The molecule has 4 nitrogen and oxygen atoms in total. The summed E-state index contributed by atoms with van der Waals surface area (Å²) in [6.07, 6.45) is 0.561. The Bertz CT molecular complexity index is 447. The molecule has 98 valence electrons. The lowest BCUT2D eigenvalue weighted by atomic mass is 9.95. The third-order valence-corrected chi connectivity index (χ3v) is 2.49. The van der Waals surface area contributed by atoms with Gasteiger partial charge in [0.2, 0.25) is 5.91 Å². The summed E-state index contributed by atoms with van der Waals surface area (Å²) in [5.41, 5.74) is 1.17. The van der Waals surface area contributed by atoms with E-state index in [0.717, 1.165) is 5.56 Å². The van der Waals surface area contributed by atoms with Crippen LogP contribution in [0.2, 0.25) is 0 Å². The van der Waals surface area contributed by atoms with Crippen molar-refractivity contribution in [2.24, 2.45) is 5.41 Å². The van der Waals surface area contributed by atoms with Crippen LogP contribution in [0.4, 0.5) is 5.69 Å². The van der Waals surface area contributed by atoms with Crippen molar-refractivity contribution < 1.29 is 14.7 Å². The van der Waals surface area contributed by atoms with Gasteiger partial charge in [0.15, 0.2) is 0 Å². The summed E-state index contributed by atoms with van der Waals surface area (Å²) in [5, 5.41) is 11.4. The molecule has 1 aromatic carbocycles. The molecule has 0 aliphatic rings. The van der Waals surface area contributed by atoms with Crippen LogP contribution < -0.4 is 5.32 Å². The summed E-state index contributed by atoms with van der Waals surface area (Å²) < 4.78 is 0. The summed E-state index contributed by atoms with van der Waals surface area (Å²) in [5.74, 6) is -0.878. The van der Waals surface area contributed by atoms with Crippen LogP contribution in [0.5, 0.6) is 0 Å². The lowest BCUT2D eigenvalue weighted by Crippen LogP contribution is -2.27. The maximum absolute atomic E-state index is 11.8. The second-order valence-corrected chi connectivity index (χ2v) is 5.30. The fourth-order valence-corrected chi connectivity index (χ4v) is 1.37. The maximum Gasteiger partial charge on any atom is 0.303 e. The van der Waals surface area contributed by atoms with Gasteiger partial charge in [-0.1, -0.05) is 32.9 Å². The van der Waals surface area contributed by atoms with Gasteiger partial charge in [-0.25, -0.2) is 0 Å². The van der Waals surface area contributed by atoms with Crippen LogP contribution in [0, 0.1) is 5.41 Å². The quantitative estimate of drug-likeness (QED) is 0.862. The molecule has 4 heteroatoms. The van der Waals surface area contributed by atoms with E-state index in [1.165, 1.54) is 0 Å². The molecule has 1 aromatic rings. The number of carboxylic acids is 1. The number of aryl methyl sites for hydroxylation is 1. The summed E-state index contributed by atoms with van der Waals surface area (Å²) in [7, 11) is 0. The van der Waals surface area contributed by atoms with E-state index in [4.69, 9.17) is 5.11 Å². The van der Waals surface area contributed by atoms with E-state index in [1.807, 2.05) is 39.0 Å². The van der Waals surface area contributed by atoms with Crippen LogP contribution in [-0.4, -0.2) is 17.0 Å². The Morgan fingerprint density at radius 1 is 1.28 bits per heavy atom. The molecule has 0 heterocycles. The number of anilines is 1. The van der Waals surface area contributed by atoms with Crippen molar-refractivity contribution in [3.8, 4) is 0 Å². The Kier molecular flexibility index (Phi) is 4.48. The van der Waals surface area contributed by atoms with E-state index in [2.05, 4.69) is 5.32 Å². The predicted molar refractivity (Wildman–Crippen MR) is 70.5 cm³/mol. The third-order valence-electron chi connectivity index (χ3n) is 2.49. The lowest BCUT2D eigenvalue weighted by molar-refractivity contribution is -0.137. The molecule has 0 unspecified atom stereocenters. The number of hydrogen-bond acceptors (Lipinski definition) is 2. The Morgan fingerprint density at radius 2 is 1.94 bits per heavy atom. The first-order valence-corrected chi connectivity index (χ1v) is 5.91. The summed E-state index contributed by atoms with van der Waals surface area (Å²) in [6.45, 7) is 5.53. The monoisotopic (exact) mass is 249 g/mol. The molecule has 0 aliphatic heterocycles. The highest BCUT2D eigenvalue weighted by atomic mass is 16.4. The SMILES string of the molecule is CC(C)(C)C(=O)Nc1cccc(CCC(=O)O)c1. The second kappa shape index (κ2) is 5.67. The zero-order chi connectivity index (χ0) is 13.8. The van der Waals surface area contributed by atoms with Crippen LogP contribution in [0.25, 0.3) is 0 Å². The summed E-state index contributed by atoms with van der Waals surface area (Å²) in [6, 6.07) is 7.28. The number of carbonyl (C=O) groups excluding carboxylic acids is 1. The molecule has 18 heavy (non-hydrogen) atoms. The number of rotatable bonds is 4. The number of benzene rings is 1. The van der Waals surface area contributed by atoms with E-state index in [-0.39, 0.29) is 12.3 Å². The molecule has 0 aromatic heterocycles.